The van der Waals surface area contributed by atoms with E-state index >= 15 is 0 Å². The quantitative estimate of drug-likeness (QED) is 0.280. The molecule has 27 heavy (non-hydrogen) atoms. The molecule has 1 N–H and O–H groups in total. The van der Waals surface area contributed by atoms with Gasteiger partial charge < -0.3 is 9.84 Å². The third-order valence-corrected chi connectivity index (χ3v) is 4.90. The minimum Gasteiger partial charge on any atom is -0.481 e. The van der Waals surface area contributed by atoms with Crippen LogP contribution in [0.2, 0.25) is 0 Å². The van der Waals surface area contributed by atoms with E-state index in [0.717, 1.165) is 19.3 Å². The van der Waals surface area contributed by atoms with Gasteiger partial charge in [-0.25, -0.2) is 0 Å². The molecule has 4 heteroatoms. The second kappa shape index (κ2) is 15.2. The highest BCUT2D eigenvalue weighted by Gasteiger charge is 2.21. The van der Waals surface area contributed by atoms with E-state index in [1.54, 1.807) is 24.3 Å². The van der Waals surface area contributed by atoms with Crippen molar-refractivity contribution in [3.05, 3.63) is 35.9 Å². The van der Waals surface area contributed by atoms with Gasteiger partial charge in [-0.05, 0) is 12.0 Å². The molecule has 1 rings (SSSR count). The van der Waals surface area contributed by atoms with Crippen LogP contribution in [0.15, 0.2) is 30.3 Å². The number of rotatable bonds is 16. The van der Waals surface area contributed by atoms with Crippen LogP contribution in [0.4, 0.5) is 0 Å². The van der Waals surface area contributed by atoms with E-state index in [-0.39, 0.29) is 12.6 Å². The zero-order valence-corrected chi connectivity index (χ0v) is 16.8. The number of hydrogen-bond donors (Lipinski definition) is 1. The highest BCUT2D eigenvalue weighted by Crippen LogP contribution is 2.17. The predicted octanol–water partition coefficient (Wildman–Crippen LogP) is 6.10. The smallest absolute Gasteiger partial charge is 0.314 e. The maximum absolute atomic E-state index is 11.8. The van der Waals surface area contributed by atoms with Gasteiger partial charge in [-0.3, -0.25) is 9.59 Å². The van der Waals surface area contributed by atoms with Crippen molar-refractivity contribution >= 4 is 11.9 Å². The number of esters is 1. The first kappa shape index (κ1) is 23.2. The van der Waals surface area contributed by atoms with Crippen LogP contribution in [0.3, 0.4) is 0 Å². The van der Waals surface area contributed by atoms with E-state index in [4.69, 9.17) is 4.74 Å². The Morgan fingerprint density at radius 2 is 1.37 bits per heavy atom. The van der Waals surface area contributed by atoms with Gasteiger partial charge >= 0.3 is 11.9 Å². The summed E-state index contributed by atoms with van der Waals surface area (Å²) >= 11 is 0. The zero-order chi connectivity index (χ0) is 19.7. The van der Waals surface area contributed by atoms with Crippen molar-refractivity contribution in [2.45, 2.75) is 89.9 Å². The van der Waals surface area contributed by atoms with Crippen LogP contribution in [0.5, 0.6) is 0 Å². The summed E-state index contributed by atoms with van der Waals surface area (Å²) in [5.41, 5.74) is 0.660. The van der Waals surface area contributed by atoms with Crippen molar-refractivity contribution in [2.24, 2.45) is 0 Å². The number of unbranched alkanes of at least 4 members (excludes halogenated alkanes) is 10. The fourth-order valence-corrected chi connectivity index (χ4v) is 3.18. The Hall–Kier alpha value is -1.84. The molecule has 0 aliphatic heterocycles. The first-order valence-corrected chi connectivity index (χ1v) is 10.6. The molecular formula is C23H36O4. The minimum absolute atomic E-state index is 0.101. The third-order valence-electron chi connectivity index (χ3n) is 4.90. The van der Waals surface area contributed by atoms with Crippen molar-refractivity contribution < 1.29 is 19.4 Å². The van der Waals surface area contributed by atoms with Gasteiger partial charge in [0.1, 0.15) is 12.5 Å². The Bertz CT molecular complexity index is 512. The summed E-state index contributed by atoms with van der Waals surface area (Å²) in [5.74, 6) is -2.07. The molecule has 0 radical (unpaired) electrons. The van der Waals surface area contributed by atoms with Gasteiger partial charge in [0.05, 0.1) is 0 Å². The molecule has 0 saturated carbocycles. The van der Waals surface area contributed by atoms with Crippen molar-refractivity contribution in [3.63, 3.8) is 0 Å². The van der Waals surface area contributed by atoms with Crippen molar-refractivity contribution in [3.8, 4) is 0 Å². The van der Waals surface area contributed by atoms with Crippen LogP contribution in [-0.4, -0.2) is 23.7 Å². The summed E-state index contributed by atoms with van der Waals surface area (Å²) in [6, 6.07) is 8.91. The minimum atomic E-state index is -0.969. The van der Waals surface area contributed by atoms with Gasteiger partial charge in [0, 0.05) is 6.42 Å². The molecular weight excluding hydrogens is 340 g/mol. The van der Waals surface area contributed by atoms with Crippen LogP contribution >= 0.6 is 0 Å². The van der Waals surface area contributed by atoms with Gasteiger partial charge in [0.15, 0.2) is 0 Å². The standard InChI is InChI=1S/C23H36O4/c1-2-3-4-5-6-7-8-9-10-11-15-18-22(24)27-19-21(23(25)26)20-16-13-12-14-17-20/h12-14,16-17,21H,2-11,15,18-19H2,1H3,(H,25,26). The van der Waals surface area contributed by atoms with Gasteiger partial charge in [-0.15, -0.1) is 0 Å². The van der Waals surface area contributed by atoms with Gasteiger partial charge in [-0.2, -0.15) is 0 Å². The van der Waals surface area contributed by atoms with E-state index in [1.165, 1.54) is 51.4 Å². The molecule has 0 amide bonds. The van der Waals surface area contributed by atoms with Crippen LogP contribution in [0, 0.1) is 0 Å². The van der Waals surface area contributed by atoms with Gasteiger partial charge in [-0.1, -0.05) is 101 Å². The van der Waals surface area contributed by atoms with Crippen LogP contribution in [0.1, 0.15) is 95.5 Å². The zero-order valence-electron chi connectivity index (χ0n) is 16.8. The monoisotopic (exact) mass is 376 g/mol. The topological polar surface area (TPSA) is 63.6 Å². The molecule has 0 bridgehead atoms. The SMILES string of the molecule is CCCCCCCCCCCCCC(=O)OCC(C(=O)O)c1ccccc1. The molecule has 0 fully saturated rings. The molecule has 4 nitrogen and oxygen atoms in total. The summed E-state index contributed by atoms with van der Waals surface area (Å²) < 4.78 is 5.19. The summed E-state index contributed by atoms with van der Waals surface area (Å²) in [4.78, 5) is 23.2. The predicted molar refractivity (Wildman–Crippen MR) is 109 cm³/mol. The lowest BCUT2D eigenvalue weighted by molar-refractivity contribution is -0.148. The molecule has 1 unspecified atom stereocenters. The molecule has 0 spiro atoms. The molecule has 1 atom stereocenters. The first-order chi connectivity index (χ1) is 13.1. The van der Waals surface area contributed by atoms with Gasteiger partial charge in [0.25, 0.3) is 0 Å². The molecule has 0 aromatic heterocycles. The van der Waals surface area contributed by atoms with E-state index in [9.17, 15) is 14.7 Å². The number of carboxylic acid groups (broad SMARTS) is 1. The number of carbonyl (C=O) groups is 2. The highest BCUT2D eigenvalue weighted by molar-refractivity contribution is 5.77. The first-order valence-electron chi connectivity index (χ1n) is 10.6. The van der Waals surface area contributed by atoms with Crippen LogP contribution in [0.25, 0.3) is 0 Å². The fraction of sp³-hybridized carbons (Fsp3) is 0.652. The van der Waals surface area contributed by atoms with E-state index in [2.05, 4.69) is 6.92 Å². The third kappa shape index (κ3) is 11.5. The number of benzene rings is 1. The maximum atomic E-state index is 11.8. The maximum Gasteiger partial charge on any atom is 0.314 e. The summed E-state index contributed by atoms with van der Waals surface area (Å²) in [6.45, 7) is 2.14. The Kier molecular flexibility index (Phi) is 13.1. The molecule has 0 aliphatic carbocycles. The summed E-state index contributed by atoms with van der Waals surface area (Å²) in [5, 5.41) is 9.33. The Morgan fingerprint density at radius 3 is 1.89 bits per heavy atom. The largest absolute Gasteiger partial charge is 0.481 e. The Labute approximate surface area is 164 Å². The number of aliphatic carboxylic acids is 1. The molecule has 1 aromatic rings. The lowest BCUT2D eigenvalue weighted by Gasteiger charge is -2.13. The summed E-state index contributed by atoms with van der Waals surface area (Å²) in [7, 11) is 0. The highest BCUT2D eigenvalue weighted by atomic mass is 16.5. The lowest BCUT2D eigenvalue weighted by Crippen LogP contribution is -2.20. The normalized spacial score (nSPS) is 11.9. The van der Waals surface area contributed by atoms with Crippen LogP contribution in [-0.2, 0) is 14.3 Å². The molecule has 1 aromatic carbocycles. The van der Waals surface area contributed by atoms with E-state index in [1.807, 2.05) is 6.07 Å². The molecule has 152 valence electrons. The number of hydrogen-bond acceptors (Lipinski definition) is 3. The Morgan fingerprint density at radius 1 is 0.852 bits per heavy atom. The molecule has 0 saturated heterocycles. The van der Waals surface area contributed by atoms with E-state index < -0.39 is 11.9 Å². The average Bonchev–Trinajstić information content (AvgIpc) is 2.67. The Balaban J connectivity index is 2.04. The molecule has 0 heterocycles. The molecule has 0 aliphatic rings. The number of carbonyl (C=O) groups excluding carboxylic acids is 1. The van der Waals surface area contributed by atoms with Crippen molar-refractivity contribution in [2.75, 3.05) is 6.61 Å². The van der Waals surface area contributed by atoms with Crippen molar-refractivity contribution in [1.29, 1.82) is 0 Å². The average molecular weight is 377 g/mol. The second-order valence-corrected chi connectivity index (χ2v) is 7.27. The summed E-state index contributed by atoms with van der Waals surface area (Å²) in [6.07, 6.45) is 13.9. The van der Waals surface area contributed by atoms with E-state index in [0.29, 0.717) is 12.0 Å². The second-order valence-electron chi connectivity index (χ2n) is 7.27. The van der Waals surface area contributed by atoms with Crippen molar-refractivity contribution in [1.82, 2.24) is 0 Å². The number of carboxylic acids is 1. The fourth-order valence-electron chi connectivity index (χ4n) is 3.18. The number of ether oxygens (including phenoxy) is 1. The van der Waals surface area contributed by atoms with Gasteiger partial charge in [0.2, 0.25) is 0 Å². The lowest BCUT2D eigenvalue weighted by atomic mass is 10.0. The van der Waals surface area contributed by atoms with Crippen LogP contribution < -0.4 is 0 Å².